The first-order valence-corrected chi connectivity index (χ1v) is 7.08. The highest BCUT2D eigenvalue weighted by atomic mass is 16.7. The Morgan fingerprint density at radius 3 is 1.79 bits per heavy atom. The van der Waals surface area contributed by atoms with Crippen molar-refractivity contribution < 1.29 is 60.5 Å². The van der Waals surface area contributed by atoms with Gasteiger partial charge in [0.15, 0.2) is 12.6 Å². The van der Waals surface area contributed by atoms with Crippen molar-refractivity contribution in [1.29, 1.82) is 0 Å². The van der Waals surface area contributed by atoms with Gasteiger partial charge in [0.2, 0.25) is 0 Å². The Labute approximate surface area is 136 Å². The molecule has 2 heterocycles. The van der Waals surface area contributed by atoms with Crippen LogP contribution in [0.25, 0.3) is 0 Å². The van der Waals surface area contributed by atoms with E-state index in [0.29, 0.717) is 0 Å². The normalized spacial score (nSPS) is 49.5. The monoisotopic (exact) mass is 360 g/mol. The maximum atomic E-state index is 9.94. The van der Waals surface area contributed by atoms with E-state index in [9.17, 15) is 35.7 Å². The van der Waals surface area contributed by atoms with Crippen LogP contribution < -0.4 is 0 Å². The van der Waals surface area contributed by atoms with Gasteiger partial charge in [0.25, 0.3) is 0 Å². The molecule has 0 spiro atoms. The SMILES string of the molecule is O.OCC1O[C@@H](O[C@@H]2C(CO)OC(O)C(O)C2O)C(O)C(O)C1O. The van der Waals surface area contributed by atoms with Crippen LogP contribution >= 0.6 is 0 Å². The largest absolute Gasteiger partial charge is 0.412 e. The van der Waals surface area contributed by atoms with E-state index < -0.39 is 74.6 Å². The van der Waals surface area contributed by atoms with Crippen molar-refractivity contribution >= 4 is 0 Å². The molecular weight excluding hydrogens is 336 g/mol. The van der Waals surface area contributed by atoms with Gasteiger partial charge in [-0.3, -0.25) is 0 Å². The third-order valence-electron chi connectivity index (χ3n) is 3.98. The first-order chi connectivity index (χ1) is 10.8. The summed E-state index contributed by atoms with van der Waals surface area (Å²) in [6.45, 7) is -1.35. The van der Waals surface area contributed by atoms with Gasteiger partial charge in [0.1, 0.15) is 48.8 Å². The van der Waals surface area contributed by atoms with Crippen LogP contribution in [0.3, 0.4) is 0 Å². The van der Waals surface area contributed by atoms with Crippen molar-refractivity contribution in [2.24, 2.45) is 0 Å². The molecule has 0 radical (unpaired) electrons. The van der Waals surface area contributed by atoms with Gasteiger partial charge in [-0.15, -0.1) is 0 Å². The second-order valence-electron chi connectivity index (χ2n) is 5.53. The summed E-state index contributed by atoms with van der Waals surface area (Å²) >= 11 is 0. The molecule has 0 aliphatic carbocycles. The van der Waals surface area contributed by atoms with Crippen LogP contribution in [-0.4, -0.2) is 121 Å². The number of hydrogen-bond acceptors (Lipinski definition) is 11. The minimum atomic E-state index is -1.74. The molecule has 24 heavy (non-hydrogen) atoms. The molecule has 2 aliphatic heterocycles. The van der Waals surface area contributed by atoms with Gasteiger partial charge in [-0.05, 0) is 0 Å². The second kappa shape index (κ2) is 8.75. The number of hydrogen-bond donors (Lipinski definition) is 8. The van der Waals surface area contributed by atoms with Gasteiger partial charge in [-0.25, -0.2) is 0 Å². The number of rotatable bonds is 4. The molecule has 0 aromatic carbocycles. The summed E-state index contributed by atoms with van der Waals surface area (Å²) in [7, 11) is 0. The van der Waals surface area contributed by atoms with Crippen molar-refractivity contribution in [3.05, 3.63) is 0 Å². The molecule has 10 N–H and O–H groups in total. The first kappa shape index (κ1) is 21.6. The molecular formula is C12H24O12. The van der Waals surface area contributed by atoms with E-state index in [-0.39, 0.29) is 5.48 Å². The van der Waals surface area contributed by atoms with Crippen LogP contribution in [-0.2, 0) is 14.2 Å². The average molecular weight is 360 g/mol. The fourth-order valence-corrected chi connectivity index (χ4v) is 2.57. The Hall–Kier alpha value is -0.480. The number of aliphatic hydroxyl groups is 8. The topological polar surface area (TPSA) is 221 Å². The van der Waals surface area contributed by atoms with Crippen molar-refractivity contribution in [2.75, 3.05) is 13.2 Å². The van der Waals surface area contributed by atoms with E-state index in [0.717, 1.165) is 0 Å². The van der Waals surface area contributed by atoms with Gasteiger partial charge in [0.05, 0.1) is 13.2 Å². The zero-order valence-electron chi connectivity index (χ0n) is 12.5. The fraction of sp³-hybridized carbons (Fsp3) is 1.00. The molecule has 144 valence electrons. The zero-order valence-corrected chi connectivity index (χ0v) is 12.5. The van der Waals surface area contributed by atoms with Crippen LogP contribution in [0.15, 0.2) is 0 Å². The summed E-state index contributed by atoms with van der Waals surface area (Å²) in [5.74, 6) is 0. The van der Waals surface area contributed by atoms with E-state index in [4.69, 9.17) is 19.3 Å². The molecule has 12 heteroatoms. The highest BCUT2D eigenvalue weighted by Gasteiger charge is 2.50. The molecule has 8 unspecified atom stereocenters. The molecule has 0 saturated carbocycles. The van der Waals surface area contributed by atoms with Gasteiger partial charge in [-0.2, -0.15) is 0 Å². The van der Waals surface area contributed by atoms with Crippen molar-refractivity contribution in [2.45, 2.75) is 61.4 Å². The minimum Gasteiger partial charge on any atom is -0.412 e. The Kier molecular flexibility index (Phi) is 7.86. The molecule has 0 amide bonds. The van der Waals surface area contributed by atoms with E-state index in [1.54, 1.807) is 0 Å². The van der Waals surface area contributed by atoms with Crippen molar-refractivity contribution in [3.8, 4) is 0 Å². The van der Waals surface area contributed by atoms with Crippen LogP contribution in [0, 0.1) is 0 Å². The molecule has 0 aromatic heterocycles. The third-order valence-corrected chi connectivity index (χ3v) is 3.98. The lowest BCUT2D eigenvalue weighted by molar-refractivity contribution is -0.355. The first-order valence-electron chi connectivity index (χ1n) is 7.08. The molecule has 10 atom stereocenters. The van der Waals surface area contributed by atoms with Crippen molar-refractivity contribution in [3.63, 3.8) is 0 Å². The smallest absolute Gasteiger partial charge is 0.187 e. The van der Waals surface area contributed by atoms with E-state index >= 15 is 0 Å². The lowest BCUT2D eigenvalue weighted by Crippen LogP contribution is -2.64. The maximum absolute atomic E-state index is 9.94. The summed E-state index contributed by atoms with van der Waals surface area (Å²) in [4.78, 5) is 0. The highest BCUT2D eigenvalue weighted by Crippen LogP contribution is 2.28. The lowest BCUT2D eigenvalue weighted by atomic mass is 9.97. The fourth-order valence-electron chi connectivity index (χ4n) is 2.57. The molecule has 2 rings (SSSR count). The van der Waals surface area contributed by atoms with E-state index in [2.05, 4.69) is 0 Å². The summed E-state index contributed by atoms with van der Waals surface area (Å²) in [5, 5.41) is 76.5. The predicted molar refractivity (Wildman–Crippen MR) is 72.2 cm³/mol. The maximum Gasteiger partial charge on any atom is 0.187 e. The molecule has 12 nitrogen and oxygen atoms in total. The molecule has 0 bridgehead atoms. The van der Waals surface area contributed by atoms with E-state index in [1.807, 2.05) is 0 Å². The van der Waals surface area contributed by atoms with Crippen LogP contribution in [0.4, 0.5) is 0 Å². The van der Waals surface area contributed by atoms with Gasteiger partial charge >= 0.3 is 0 Å². The van der Waals surface area contributed by atoms with E-state index in [1.165, 1.54) is 0 Å². The zero-order chi connectivity index (χ0) is 17.3. The quantitative estimate of drug-likeness (QED) is 0.235. The average Bonchev–Trinajstić information content (AvgIpc) is 2.55. The Morgan fingerprint density at radius 2 is 1.25 bits per heavy atom. The Balaban J connectivity index is 0.00000288. The standard InChI is InChI=1S/C12H22O11.H2O/c13-1-3-5(15)6(16)9(19)12(22-3)23-10-4(2-14)21-11(20)8(18)7(10)17;/h3-20H,1-2H2;1H2/t3?,4?,5?,6?,7?,8?,9?,10-,11?,12+;/m1./s1. The molecule has 2 saturated heterocycles. The summed E-state index contributed by atoms with van der Waals surface area (Å²) in [5.41, 5.74) is 0. The third kappa shape index (κ3) is 4.01. The van der Waals surface area contributed by atoms with Crippen LogP contribution in [0.5, 0.6) is 0 Å². The Bertz CT molecular complexity index is 379. The van der Waals surface area contributed by atoms with Gasteiger partial charge < -0.3 is 60.5 Å². The van der Waals surface area contributed by atoms with Crippen LogP contribution in [0.2, 0.25) is 0 Å². The highest BCUT2D eigenvalue weighted by molar-refractivity contribution is 4.93. The summed E-state index contributed by atoms with van der Waals surface area (Å²) in [6.07, 6.45) is -15.6. The second-order valence-corrected chi connectivity index (χ2v) is 5.53. The predicted octanol–water partition coefficient (Wildman–Crippen LogP) is -6.22. The van der Waals surface area contributed by atoms with Gasteiger partial charge in [-0.1, -0.05) is 0 Å². The van der Waals surface area contributed by atoms with Crippen LogP contribution in [0.1, 0.15) is 0 Å². The molecule has 2 fully saturated rings. The Morgan fingerprint density at radius 1 is 0.667 bits per heavy atom. The minimum absolute atomic E-state index is 0. The molecule has 0 aromatic rings. The molecule has 2 aliphatic rings. The number of ether oxygens (including phenoxy) is 3. The van der Waals surface area contributed by atoms with Gasteiger partial charge in [0, 0.05) is 0 Å². The summed E-state index contributed by atoms with van der Waals surface area (Å²) in [6, 6.07) is 0. The van der Waals surface area contributed by atoms with Crippen molar-refractivity contribution in [1.82, 2.24) is 0 Å². The summed E-state index contributed by atoms with van der Waals surface area (Å²) < 4.78 is 15.3. The number of aliphatic hydroxyl groups excluding tert-OH is 8. The lowest BCUT2D eigenvalue weighted by Gasteiger charge is -2.45.